The van der Waals surface area contributed by atoms with Crippen LogP contribution in [-0.4, -0.2) is 59.5 Å². The number of nitrogens with one attached hydrogen (secondary N) is 1. The van der Waals surface area contributed by atoms with E-state index in [2.05, 4.69) is 21.2 Å². The van der Waals surface area contributed by atoms with Crippen LogP contribution >= 0.6 is 15.9 Å². The molecule has 0 aliphatic carbocycles. The molecule has 1 heterocycles. The zero-order valence-electron chi connectivity index (χ0n) is 9.75. The Morgan fingerprint density at radius 2 is 2.33 bits per heavy atom. The second-order valence-corrected chi connectivity index (χ2v) is 4.60. The van der Waals surface area contributed by atoms with Gasteiger partial charge >= 0.3 is 0 Å². The van der Waals surface area contributed by atoms with Gasteiger partial charge in [0.25, 0.3) is 5.91 Å². The number of amides is 2. The van der Waals surface area contributed by atoms with Gasteiger partial charge in [-0.1, -0.05) is 0 Å². The number of aliphatic hydroxyl groups excluding tert-OH is 2. The van der Waals surface area contributed by atoms with E-state index in [1.165, 1.54) is 13.2 Å². The van der Waals surface area contributed by atoms with Crippen LogP contribution in [0.25, 0.3) is 0 Å². The van der Waals surface area contributed by atoms with Gasteiger partial charge in [0, 0.05) is 19.7 Å². The zero-order valence-corrected chi connectivity index (χ0v) is 11.3. The Morgan fingerprint density at radius 1 is 1.67 bits per heavy atom. The summed E-state index contributed by atoms with van der Waals surface area (Å²) in [6.07, 6.45) is -0.432. The molecule has 8 heteroatoms. The van der Waals surface area contributed by atoms with Crippen molar-refractivity contribution in [2.45, 2.75) is 24.9 Å². The monoisotopic (exact) mass is 322 g/mol. The summed E-state index contributed by atoms with van der Waals surface area (Å²) in [5.41, 5.74) is 0. The lowest BCUT2D eigenvalue weighted by Gasteiger charge is -2.23. The van der Waals surface area contributed by atoms with E-state index >= 15 is 0 Å². The van der Waals surface area contributed by atoms with Crippen LogP contribution in [0.15, 0.2) is 10.7 Å². The number of halogens is 1. The molecule has 0 saturated carbocycles. The van der Waals surface area contributed by atoms with Crippen LogP contribution in [0.4, 0.5) is 0 Å². The van der Waals surface area contributed by atoms with Gasteiger partial charge in [0.2, 0.25) is 6.41 Å². The van der Waals surface area contributed by atoms with Gasteiger partial charge in [-0.15, -0.1) is 0 Å². The van der Waals surface area contributed by atoms with Crippen molar-refractivity contribution in [3.05, 3.63) is 10.7 Å². The number of aliphatic hydroxyl groups is 2. The van der Waals surface area contributed by atoms with Crippen molar-refractivity contribution in [3.63, 3.8) is 0 Å². The molecule has 3 unspecified atom stereocenters. The van der Waals surface area contributed by atoms with Gasteiger partial charge in [-0.3, -0.25) is 14.5 Å². The van der Waals surface area contributed by atoms with Gasteiger partial charge in [0.1, 0.15) is 6.10 Å². The van der Waals surface area contributed by atoms with Crippen molar-refractivity contribution < 1.29 is 24.5 Å². The topological polar surface area (TPSA) is 99.1 Å². The number of rotatable bonds is 5. The lowest BCUT2D eigenvalue weighted by atomic mass is 10.2. The summed E-state index contributed by atoms with van der Waals surface area (Å²) in [5.74, 6) is -0.409. The maximum absolute atomic E-state index is 11.3. The first-order valence-electron chi connectivity index (χ1n) is 5.30. The molecule has 1 saturated heterocycles. The smallest absolute Gasteiger partial charge is 0.259 e. The highest BCUT2D eigenvalue weighted by Gasteiger charge is 2.36. The molecule has 0 bridgehead atoms. The van der Waals surface area contributed by atoms with Crippen molar-refractivity contribution in [1.82, 2.24) is 10.2 Å². The molecule has 7 nitrogen and oxygen atoms in total. The number of hydrogen-bond donors (Lipinski definition) is 3. The van der Waals surface area contributed by atoms with E-state index in [1.54, 1.807) is 0 Å². The highest BCUT2D eigenvalue weighted by molar-refractivity contribution is 9.12. The van der Waals surface area contributed by atoms with Gasteiger partial charge in [0.05, 0.1) is 17.2 Å². The summed E-state index contributed by atoms with van der Waals surface area (Å²) in [6, 6.07) is 0. The van der Waals surface area contributed by atoms with Gasteiger partial charge in [-0.25, -0.2) is 0 Å². The second kappa shape index (κ2) is 6.83. The third-order valence-electron chi connectivity index (χ3n) is 2.49. The average Bonchev–Trinajstić information content (AvgIpc) is 2.75. The Balaban J connectivity index is 2.78. The minimum atomic E-state index is -0.909. The summed E-state index contributed by atoms with van der Waals surface area (Å²) in [6.45, 7) is -0.236. The Kier molecular flexibility index (Phi) is 5.73. The van der Waals surface area contributed by atoms with Gasteiger partial charge in [-0.05, 0) is 15.9 Å². The minimum absolute atomic E-state index is 0.125. The van der Waals surface area contributed by atoms with Crippen LogP contribution in [0.5, 0.6) is 0 Å². The lowest BCUT2D eigenvalue weighted by molar-refractivity contribution is -0.133. The third-order valence-corrected chi connectivity index (χ3v) is 3.06. The predicted octanol–water partition coefficient (Wildman–Crippen LogP) is -1.10. The Bertz CT molecular complexity index is 349. The zero-order chi connectivity index (χ0) is 13.7. The first-order chi connectivity index (χ1) is 8.53. The fourth-order valence-corrected chi connectivity index (χ4v) is 2.02. The van der Waals surface area contributed by atoms with Crippen molar-refractivity contribution in [2.75, 3.05) is 13.7 Å². The minimum Gasteiger partial charge on any atom is -0.394 e. The van der Waals surface area contributed by atoms with Gasteiger partial charge in [-0.2, -0.15) is 0 Å². The molecule has 3 N–H and O–H groups in total. The largest absolute Gasteiger partial charge is 0.394 e. The normalized spacial score (nSPS) is 28.0. The van der Waals surface area contributed by atoms with Crippen LogP contribution in [0.2, 0.25) is 0 Å². The van der Waals surface area contributed by atoms with E-state index in [0.717, 1.165) is 4.90 Å². The third kappa shape index (κ3) is 3.52. The molecule has 0 aromatic heterocycles. The van der Waals surface area contributed by atoms with Crippen LogP contribution in [0, 0.1) is 0 Å². The molecule has 2 amide bonds. The highest BCUT2D eigenvalue weighted by Crippen LogP contribution is 2.23. The SMILES string of the molecule is CNC(=O)/C(Br)=C\N(C=O)C1OC(CO)CC1O. The van der Waals surface area contributed by atoms with Gasteiger partial charge < -0.3 is 20.3 Å². The fraction of sp³-hybridized carbons (Fsp3) is 0.600. The molecule has 18 heavy (non-hydrogen) atoms. The van der Waals surface area contributed by atoms with Crippen LogP contribution in [0.1, 0.15) is 6.42 Å². The van der Waals surface area contributed by atoms with Crippen molar-refractivity contribution >= 4 is 28.2 Å². The van der Waals surface area contributed by atoms with E-state index in [0.29, 0.717) is 6.41 Å². The number of hydrogen-bond acceptors (Lipinski definition) is 5. The maximum atomic E-state index is 11.3. The fourth-order valence-electron chi connectivity index (χ4n) is 1.59. The summed E-state index contributed by atoms with van der Waals surface area (Å²) in [4.78, 5) is 23.3. The molecule has 102 valence electrons. The van der Waals surface area contributed by atoms with E-state index in [-0.39, 0.29) is 17.5 Å². The molecule has 1 fully saturated rings. The van der Waals surface area contributed by atoms with E-state index < -0.39 is 24.3 Å². The molecule has 0 aromatic carbocycles. The standard InChI is InChI=1S/C10H15BrN2O5/c1-12-9(17)7(11)3-13(5-15)10-8(16)2-6(4-14)18-10/h3,5-6,8,10,14,16H,2,4H2,1H3,(H,12,17)/b7-3+. The van der Waals surface area contributed by atoms with Crippen molar-refractivity contribution in [2.24, 2.45) is 0 Å². The number of carbonyl (C=O) groups excluding carboxylic acids is 2. The number of ether oxygens (including phenoxy) is 1. The predicted molar refractivity (Wildman–Crippen MR) is 65.4 cm³/mol. The van der Waals surface area contributed by atoms with Crippen molar-refractivity contribution in [1.29, 1.82) is 0 Å². The van der Waals surface area contributed by atoms with E-state index in [4.69, 9.17) is 9.84 Å². The van der Waals surface area contributed by atoms with Crippen LogP contribution in [-0.2, 0) is 14.3 Å². The molecular weight excluding hydrogens is 308 g/mol. The number of nitrogens with zero attached hydrogens (tertiary/aromatic N) is 1. The van der Waals surface area contributed by atoms with Crippen LogP contribution < -0.4 is 5.32 Å². The van der Waals surface area contributed by atoms with E-state index in [9.17, 15) is 14.7 Å². The maximum Gasteiger partial charge on any atom is 0.259 e. The Morgan fingerprint density at radius 3 is 2.78 bits per heavy atom. The summed E-state index contributed by atoms with van der Waals surface area (Å²) in [7, 11) is 1.45. The van der Waals surface area contributed by atoms with Crippen molar-refractivity contribution in [3.8, 4) is 0 Å². The molecular formula is C10H15BrN2O5. The van der Waals surface area contributed by atoms with Crippen LogP contribution in [0.3, 0.4) is 0 Å². The molecule has 1 aliphatic rings. The number of likely N-dealkylation sites (N-methyl/N-ethyl adjacent to an activating group) is 1. The molecule has 3 atom stereocenters. The Labute approximate surface area is 113 Å². The first-order valence-corrected chi connectivity index (χ1v) is 6.09. The number of carbonyl (C=O) groups is 2. The molecule has 0 radical (unpaired) electrons. The highest BCUT2D eigenvalue weighted by atomic mass is 79.9. The summed E-state index contributed by atoms with van der Waals surface area (Å²) in [5, 5.41) is 21.0. The molecule has 1 aliphatic heterocycles. The van der Waals surface area contributed by atoms with E-state index in [1.807, 2.05) is 0 Å². The quantitative estimate of drug-likeness (QED) is 0.440. The summed E-state index contributed by atoms with van der Waals surface area (Å²) >= 11 is 3.01. The molecule has 0 spiro atoms. The first kappa shape index (κ1) is 15.1. The molecule has 0 aromatic rings. The lowest BCUT2D eigenvalue weighted by Crippen LogP contribution is -2.38. The second-order valence-electron chi connectivity index (χ2n) is 3.74. The van der Waals surface area contributed by atoms with Gasteiger partial charge in [0.15, 0.2) is 6.23 Å². The molecule has 1 rings (SSSR count). The summed E-state index contributed by atoms with van der Waals surface area (Å²) < 4.78 is 5.41. The Hall–Kier alpha value is -0.960. The average molecular weight is 323 g/mol.